The second-order valence-electron chi connectivity index (χ2n) is 2.83. The Morgan fingerprint density at radius 3 is 2.14 bits per heavy atom. The maximum atomic E-state index is 8.76. The summed E-state index contributed by atoms with van der Waals surface area (Å²) in [5.41, 5.74) is 0.898. The molecule has 0 aliphatic rings. The predicted octanol–water partition coefficient (Wildman–Crippen LogP) is 3.06. The molecule has 14 heavy (non-hydrogen) atoms. The van der Waals surface area contributed by atoms with E-state index in [0.29, 0.717) is 11.4 Å². The van der Waals surface area contributed by atoms with Crippen molar-refractivity contribution in [2.75, 3.05) is 0 Å². The Morgan fingerprint density at radius 1 is 1.21 bits per heavy atom. The van der Waals surface area contributed by atoms with E-state index in [0.717, 1.165) is 5.56 Å². The van der Waals surface area contributed by atoms with Crippen LogP contribution in [-0.2, 0) is 6.42 Å². The number of alkyl halides is 1. The van der Waals surface area contributed by atoms with Crippen LogP contribution in [0.2, 0.25) is 5.02 Å². The average Bonchev–Trinajstić information content (AvgIpc) is 2.21. The van der Waals surface area contributed by atoms with Gasteiger partial charge >= 0.3 is 0 Å². The Bertz CT molecular complexity index is 386. The quantitative estimate of drug-likeness (QED) is 0.775. The van der Waals surface area contributed by atoms with Crippen LogP contribution in [0.3, 0.4) is 0 Å². The molecule has 0 heterocycles. The van der Waals surface area contributed by atoms with Gasteiger partial charge in [0.25, 0.3) is 0 Å². The van der Waals surface area contributed by atoms with Gasteiger partial charge < -0.3 is 0 Å². The smallest absolute Gasteiger partial charge is 0.196 e. The zero-order valence-corrected chi connectivity index (χ0v) is 9.51. The lowest BCUT2D eigenvalue weighted by atomic mass is 10.0. The molecule has 4 heteroatoms. The van der Waals surface area contributed by atoms with Crippen LogP contribution in [-0.4, -0.2) is 4.32 Å². The topological polar surface area (TPSA) is 47.6 Å². The molecule has 0 aliphatic carbocycles. The Labute approximate surface area is 95.8 Å². The number of halogens is 2. The fraction of sp³-hybridized carbons (Fsp3) is 0.200. The third-order valence-corrected chi connectivity index (χ3v) is 2.60. The molecule has 0 amide bonds. The summed E-state index contributed by atoms with van der Waals surface area (Å²) in [5, 5.41) is 18.2. The fourth-order valence-corrected chi connectivity index (χ4v) is 1.44. The molecule has 2 nitrogen and oxygen atoms in total. The summed E-state index contributed by atoms with van der Waals surface area (Å²) >= 11 is 8.79. The maximum absolute atomic E-state index is 8.76. The summed E-state index contributed by atoms with van der Waals surface area (Å²) in [4.78, 5) is 0. The first kappa shape index (κ1) is 11.0. The van der Waals surface area contributed by atoms with E-state index in [4.69, 9.17) is 22.1 Å². The lowest BCUT2D eigenvalue weighted by molar-refractivity contribution is 0.904. The molecule has 0 atom stereocenters. The van der Waals surface area contributed by atoms with E-state index in [9.17, 15) is 0 Å². The summed E-state index contributed by atoms with van der Waals surface area (Å²) in [6.45, 7) is 0. The van der Waals surface area contributed by atoms with E-state index >= 15 is 0 Å². The van der Waals surface area contributed by atoms with Crippen molar-refractivity contribution in [3.8, 4) is 12.1 Å². The third-order valence-electron chi connectivity index (χ3n) is 1.72. The highest BCUT2D eigenvalue weighted by molar-refractivity contribution is 9.10. The molecular formula is C10H6BrClN2. The van der Waals surface area contributed by atoms with Crippen LogP contribution in [0.5, 0.6) is 0 Å². The van der Waals surface area contributed by atoms with Crippen molar-refractivity contribution in [1.82, 2.24) is 0 Å². The number of benzene rings is 1. The van der Waals surface area contributed by atoms with E-state index in [-0.39, 0.29) is 0 Å². The van der Waals surface area contributed by atoms with Crippen LogP contribution >= 0.6 is 27.5 Å². The third kappa shape index (κ3) is 2.73. The van der Waals surface area contributed by atoms with Gasteiger partial charge in [0.15, 0.2) is 0 Å². The zero-order chi connectivity index (χ0) is 10.6. The second-order valence-corrected chi connectivity index (χ2v) is 4.62. The molecular weight excluding hydrogens is 263 g/mol. The Morgan fingerprint density at radius 2 is 1.71 bits per heavy atom. The molecule has 0 aromatic heterocycles. The number of nitrogens with zero attached hydrogens (tertiary/aromatic N) is 2. The highest BCUT2D eigenvalue weighted by atomic mass is 79.9. The minimum atomic E-state index is -1.14. The Balaban J connectivity index is 2.86. The summed E-state index contributed by atoms with van der Waals surface area (Å²) in [6, 6.07) is 10.9. The van der Waals surface area contributed by atoms with Crippen molar-refractivity contribution in [2.24, 2.45) is 0 Å². The lowest BCUT2D eigenvalue weighted by Crippen LogP contribution is -2.18. The van der Waals surface area contributed by atoms with E-state index in [2.05, 4.69) is 15.9 Å². The van der Waals surface area contributed by atoms with E-state index in [1.54, 1.807) is 24.3 Å². The largest absolute Gasteiger partial charge is 0.201 e. The molecule has 0 N–H and O–H groups in total. The summed E-state index contributed by atoms with van der Waals surface area (Å²) < 4.78 is -1.14. The monoisotopic (exact) mass is 268 g/mol. The minimum Gasteiger partial charge on any atom is -0.196 e. The molecule has 1 aromatic carbocycles. The number of rotatable bonds is 2. The van der Waals surface area contributed by atoms with Crippen LogP contribution in [0.15, 0.2) is 24.3 Å². The molecule has 0 fully saturated rings. The minimum absolute atomic E-state index is 0.344. The summed E-state index contributed by atoms with van der Waals surface area (Å²) in [5.74, 6) is 0. The van der Waals surface area contributed by atoms with Crippen LogP contribution in [0, 0.1) is 22.7 Å². The zero-order valence-electron chi connectivity index (χ0n) is 7.17. The Hall–Kier alpha value is -1.03. The first-order valence-electron chi connectivity index (χ1n) is 3.85. The van der Waals surface area contributed by atoms with Crippen molar-refractivity contribution in [3.63, 3.8) is 0 Å². The van der Waals surface area contributed by atoms with Gasteiger partial charge in [0.1, 0.15) is 0 Å². The molecule has 70 valence electrons. The standard InChI is InChI=1S/C10H6BrClN2/c11-10(6-13,7-14)5-8-1-3-9(12)4-2-8/h1-4H,5H2. The van der Waals surface area contributed by atoms with Gasteiger partial charge in [0.05, 0.1) is 12.1 Å². The van der Waals surface area contributed by atoms with Crippen molar-refractivity contribution in [3.05, 3.63) is 34.9 Å². The maximum Gasteiger partial charge on any atom is 0.201 e. The van der Waals surface area contributed by atoms with Crippen LogP contribution in [0.1, 0.15) is 5.56 Å². The van der Waals surface area contributed by atoms with Crippen LogP contribution in [0.4, 0.5) is 0 Å². The molecule has 0 radical (unpaired) electrons. The van der Waals surface area contributed by atoms with Gasteiger partial charge in [-0.3, -0.25) is 0 Å². The van der Waals surface area contributed by atoms with Crippen LogP contribution in [0.25, 0.3) is 0 Å². The molecule has 0 aliphatic heterocycles. The number of hydrogen-bond acceptors (Lipinski definition) is 2. The van der Waals surface area contributed by atoms with Gasteiger partial charge in [-0.2, -0.15) is 10.5 Å². The lowest BCUT2D eigenvalue weighted by Gasteiger charge is -2.09. The van der Waals surface area contributed by atoms with Crippen molar-refractivity contribution in [2.45, 2.75) is 10.7 Å². The van der Waals surface area contributed by atoms with E-state index in [1.807, 2.05) is 12.1 Å². The average molecular weight is 270 g/mol. The van der Waals surface area contributed by atoms with Gasteiger partial charge in [-0.15, -0.1) is 0 Å². The van der Waals surface area contributed by atoms with Gasteiger partial charge in [0, 0.05) is 11.4 Å². The highest BCUT2D eigenvalue weighted by Gasteiger charge is 2.26. The van der Waals surface area contributed by atoms with Crippen LogP contribution < -0.4 is 0 Å². The fourth-order valence-electron chi connectivity index (χ4n) is 0.988. The first-order valence-corrected chi connectivity index (χ1v) is 5.02. The van der Waals surface area contributed by atoms with E-state index < -0.39 is 4.32 Å². The van der Waals surface area contributed by atoms with Crippen molar-refractivity contribution < 1.29 is 0 Å². The number of nitriles is 2. The van der Waals surface area contributed by atoms with Crippen molar-refractivity contribution >= 4 is 27.5 Å². The van der Waals surface area contributed by atoms with Gasteiger partial charge in [-0.05, 0) is 17.7 Å². The van der Waals surface area contributed by atoms with E-state index in [1.165, 1.54) is 0 Å². The van der Waals surface area contributed by atoms with Gasteiger partial charge in [0.2, 0.25) is 4.32 Å². The number of hydrogen-bond donors (Lipinski definition) is 0. The second kappa shape index (κ2) is 4.46. The Kier molecular flexibility index (Phi) is 3.52. The molecule has 0 saturated carbocycles. The molecule has 1 rings (SSSR count). The summed E-state index contributed by atoms with van der Waals surface area (Å²) in [7, 11) is 0. The normalized spacial score (nSPS) is 10.3. The molecule has 0 bridgehead atoms. The van der Waals surface area contributed by atoms with Crippen molar-refractivity contribution in [1.29, 1.82) is 10.5 Å². The molecule has 0 unspecified atom stereocenters. The van der Waals surface area contributed by atoms with Gasteiger partial charge in [-0.1, -0.05) is 39.7 Å². The predicted molar refractivity (Wildman–Crippen MR) is 58.0 cm³/mol. The van der Waals surface area contributed by atoms with Gasteiger partial charge in [-0.25, -0.2) is 0 Å². The molecule has 1 aromatic rings. The first-order chi connectivity index (χ1) is 6.59. The molecule has 0 saturated heterocycles. The molecule has 0 spiro atoms. The summed E-state index contributed by atoms with van der Waals surface area (Å²) in [6.07, 6.45) is 0.344. The highest BCUT2D eigenvalue weighted by Crippen LogP contribution is 2.22. The SMILES string of the molecule is N#CC(Br)(C#N)Cc1ccc(Cl)cc1.